The number of aryl methyl sites for hydroxylation is 1. The fourth-order valence-electron chi connectivity index (χ4n) is 2.03. The van der Waals surface area contributed by atoms with Crippen LogP contribution in [-0.4, -0.2) is 5.54 Å². The molecule has 0 aliphatic rings. The van der Waals surface area contributed by atoms with Crippen molar-refractivity contribution in [2.45, 2.75) is 31.7 Å². The molecule has 0 saturated carbocycles. The van der Waals surface area contributed by atoms with Crippen LogP contribution in [0.15, 0.2) is 49.6 Å². The van der Waals surface area contributed by atoms with Gasteiger partial charge in [-0.3, -0.25) is 0 Å². The molecule has 1 rings (SSSR count). The van der Waals surface area contributed by atoms with Gasteiger partial charge in [0.25, 0.3) is 0 Å². The molecule has 16 heavy (non-hydrogen) atoms. The molecule has 0 bridgehead atoms. The van der Waals surface area contributed by atoms with E-state index >= 15 is 0 Å². The lowest BCUT2D eigenvalue weighted by Crippen LogP contribution is -2.41. The number of nitrogens with two attached hydrogens (primary N) is 1. The number of hydrogen-bond donors (Lipinski definition) is 1. The fraction of sp³-hybridized carbons (Fsp3) is 0.333. The Labute approximate surface area is 98.7 Å². The molecule has 1 nitrogen and oxygen atoms in total. The summed E-state index contributed by atoms with van der Waals surface area (Å²) in [6.07, 6.45) is 6.27. The number of benzene rings is 1. The SMILES string of the molecule is C=CCC(N)(CC=C)Cc1cccc(C)c1. The van der Waals surface area contributed by atoms with Gasteiger partial charge in [-0.1, -0.05) is 42.0 Å². The summed E-state index contributed by atoms with van der Waals surface area (Å²) < 4.78 is 0. The van der Waals surface area contributed by atoms with Crippen molar-refractivity contribution < 1.29 is 0 Å². The van der Waals surface area contributed by atoms with Crippen molar-refractivity contribution in [1.29, 1.82) is 0 Å². The minimum absolute atomic E-state index is 0.239. The first-order chi connectivity index (χ1) is 7.59. The van der Waals surface area contributed by atoms with Crippen LogP contribution in [0.5, 0.6) is 0 Å². The summed E-state index contributed by atoms with van der Waals surface area (Å²) in [5.41, 5.74) is 8.68. The van der Waals surface area contributed by atoms with E-state index in [2.05, 4.69) is 44.3 Å². The van der Waals surface area contributed by atoms with Crippen LogP contribution in [0.2, 0.25) is 0 Å². The van der Waals surface area contributed by atoms with Crippen molar-refractivity contribution in [3.8, 4) is 0 Å². The van der Waals surface area contributed by atoms with Crippen molar-refractivity contribution >= 4 is 0 Å². The van der Waals surface area contributed by atoms with Gasteiger partial charge >= 0.3 is 0 Å². The third kappa shape index (κ3) is 3.67. The molecule has 0 aliphatic carbocycles. The second-order valence-electron chi connectivity index (χ2n) is 4.51. The summed E-state index contributed by atoms with van der Waals surface area (Å²) in [6.45, 7) is 9.65. The molecule has 0 heterocycles. The molecular weight excluding hydrogens is 194 g/mol. The quantitative estimate of drug-likeness (QED) is 0.723. The van der Waals surface area contributed by atoms with E-state index in [9.17, 15) is 0 Å². The Balaban J connectivity index is 2.82. The Kier molecular flexibility index (Phi) is 4.51. The van der Waals surface area contributed by atoms with Gasteiger partial charge in [0.15, 0.2) is 0 Å². The zero-order valence-corrected chi connectivity index (χ0v) is 10.1. The van der Waals surface area contributed by atoms with Crippen LogP contribution in [-0.2, 0) is 6.42 Å². The molecule has 0 aromatic heterocycles. The Bertz CT molecular complexity index is 355. The summed E-state index contributed by atoms with van der Waals surface area (Å²) >= 11 is 0. The first kappa shape index (κ1) is 12.7. The molecule has 86 valence electrons. The predicted molar refractivity (Wildman–Crippen MR) is 71.4 cm³/mol. The first-order valence-corrected chi connectivity index (χ1v) is 5.66. The highest BCUT2D eigenvalue weighted by Gasteiger charge is 2.22. The first-order valence-electron chi connectivity index (χ1n) is 5.66. The molecule has 0 spiro atoms. The van der Waals surface area contributed by atoms with Crippen LogP contribution in [0, 0.1) is 6.92 Å². The molecule has 0 atom stereocenters. The minimum atomic E-state index is -0.239. The van der Waals surface area contributed by atoms with E-state index in [1.807, 2.05) is 12.2 Å². The normalized spacial score (nSPS) is 11.1. The lowest BCUT2D eigenvalue weighted by atomic mass is 9.85. The standard InChI is InChI=1S/C15H21N/c1-4-9-15(16,10-5-2)12-14-8-6-7-13(3)11-14/h4-8,11H,1-2,9-10,12,16H2,3H3. The molecule has 0 fully saturated rings. The molecule has 1 aromatic rings. The van der Waals surface area contributed by atoms with Crippen LogP contribution < -0.4 is 5.73 Å². The van der Waals surface area contributed by atoms with Crippen molar-refractivity contribution in [1.82, 2.24) is 0 Å². The highest BCUT2D eigenvalue weighted by Crippen LogP contribution is 2.20. The van der Waals surface area contributed by atoms with Gasteiger partial charge in [0.1, 0.15) is 0 Å². The lowest BCUT2D eigenvalue weighted by Gasteiger charge is -2.27. The molecule has 1 aromatic carbocycles. The highest BCUT2D eigenvalue weighted by atomic mass is 14.7. The molecular formula is C15H21N. The van der Waals surface area contributed by atoms with Crippen LogP contribution in [0.3, 0.4) is 0 Å². The summed E-state index contributed by atoms with van der Waals surface area (Å²) in [6, 6.07) is 8.49. The zero-order chi connectivity index (χ0) is 12.0. The lowest BCUT2D eigenvalue weighted by molar-refractivity contribution is 0.432. The zero-order valence-electron chi connectivity index (χ0n) is 10.1. The molecule has 0 saturated heterocycles. The number of rotatable bonds is 6. The van der Waals surface area contributed by atoms with Crippen LogP contribution in [0.4, 0.5) is 0 Å². The third-order valence-corrected chi connectivity index (χ3v) is 2.74. The largest absolute Gasteiger partial charge is 0.324 e. The maximum atomic E-state index is 6.36. The predicted octanol–water partition coefficient (Wildman–Crippen LogP) is 3.39. The van der Waals surface area contributed by atoms with Gasteiger partial charge in [0.2, 0.25) is 0 Å². The number of hydrogen-bond acceptors (Lipinski definition) is 1. The van der Waals surface area contributed by atoms with Gasteiger partial charge < -0.3 is 5.73 Å². The van der Waals surface area contributed by atoms with Gasteiger partial charge in [-0.05, 0) is 31.7 Å². The molecule has 0 radical (unpaired) electrons. The second kappa shape index (κ2) is 5.66. The monoisotopic (exact) mass is 215 g/mol. The van der Waals surface area contributed by atoms with E-state index in [4.69, 9.17) is 5.73 Å². The summed E-state index contributed by atoms with van der Waals surface area (Å²) in [5.74, 6) is 0. The Morgan fingerprint density at radius 1 is 1.25 bits per heavy atom. The Morgan fingerprint density at radius 2 is 1.88 bits per heavy atom. The van der Waals surface area contributed by atoms with Gasteiger partial charge in [-0.25, -0.2) is 0 Å². The molecule has 0 amide bonds. The van der Waals surface area contributed by atoms with Crippen molar-refractivity contribution in [3.05, 3.63) is 60.7 Å². The average Bonchev–Trinajstić information content (AvgIpc) is 2.17. The second-order valence-corrected chi connectivity index (χ2v) is 4.51. The summed E-state index contributed by atoms with van der Waals surface area (Å²) in [5, 5.41) is 0. The average molecular weight is 215 g/mol. The van der Waals surface area contributed by atoms with E-state index in [1.165, 1.54) is 11.1 Å². The molecule has 0 unspecified atom stereocenters. The van der Waals surface area contributed by atoms with Crippen molar-refractivity contribution in [2.24, 2.45) is 5.73 Å². The van der Waals surface area contributed by atoms with E-state index in [-0.39, 0.29) is 5.54 Å². The summed E-state index contributed by atoms with van der Waals surface area (Å²) in [4.78, 5) is 0. The van der Waals surface area contributed by atoms with Crippen LogP contribution >= 0.6 is 0 Å². The molecule has 0 aliphatic heterocycles. The van der Waals surface area contributed by atoms with Gasteiger partial charge in [-0.2, -0.15) is 0 Å². The molecule has 2 N–H and O–H groups in total. The molecule has 1 heteroatoms. The van der Waals surface area contributed by atoms with Gasteiger partial charge in [0, 0.05) is 5.54 Å². The van der Waals surface area contributed by atoms with Crippen molar-refractivity contribution in [3.63, 3.8) is 0 Å². The van der Waals surface area contributed by atoms with Crippen LogP contribution in [0.25, 0.3) is 0 Å². The maximum Gasteiger partial charge on any atom is 0.0264 e. The third-order valence-electron chi connectivity index (χ3n) is 2.74. The van der Waals surface area contributed by atoms with Crippen LogP contribution in [0.1, 0.15) is 24.0 Å². The van der Waals surface area contributed by atoms with Crippen molar-refractivity contribution in [2.75, 3.05) is 0 Å². The van der Waals surface area contributed by atoms with E-state index in [0.717, 1.165) is 19.3 Å². The smallest absolute Gasteiger partial charge is 0.0264 e. The fourth-order valence-corrected chi connectivity index (χ4v) is 2.03. The van der Waals surface area contributed by atoms with Gasteiger partial charge in [0.05, 0.1) is 0 Å². The topological polar surface area (TPSA) is 26.0 Å². The van der Waals surface area contributed by atoms with E-state index in [1.54, 1.807) is 0 Å². The maximum absolute atomic E-state index is 6.36. The van der Waals surface area contributed by atoms with E-state index < -0.39 is 0 Å². The Hall–Kier alpha value is -1.34. The Morgan fingerprint density at radius 3 is 2.38 bits per heavy atom. The summed E-state index contributed by atoms with van der Waals surface area (Å²) in [7, 11) is 0. The van der Waals surface area contributed by atoms with E-state index in [0.29, 0.717) is 0 Å². The highest BCUT2D eigenvalue weighted by molar-refractivity contribution is 5.24. The minimum Gasteiger partial charge on any atom is -0.324 e. The van der Waals surface area contributed by atoms with Gasteiger partial charge in [-0.15, -0.1) is 13.2 Å².